The summed E-state index contributed by atoms with van der Waals surface area (Å²) in [4.78, 5) is 0. The zero-order chi connectivity index (χ0) is 11.7. The van der Waals surface area contributed by atoms with Gasteiger partial charge in [0.2, 0.25) is 0 Å². The molecule has 2 atom stereocenters. The quantitative estimate of drug-likeness (QED) is 0.857. The molecule has 1 aliphatic rings. The van der Waals surface area contributed by atoms with Gasteiger partial charge in [0, 0.05) is 12.7 Å². The molecule has 0 amide bonds. The molecule has 0 aliphatic heterocycles. The molecule has 0 spiro atoms. The van der Waals surface area contributed by atoms with Crippen LogP contribution in [-0.2, 0) is 4.74 Å². The predicted octanol–water partition coefficient (Wildman–Crippen LogP) is 2.42. The van der Waals surface area contributed by atoms with Crippen LogP contribution in [-0.4, -0.2) is 18.3 Å². The van der Waals surface area contributed by atoms with Crippen molar-refractivity contribution in [1.29, 1.82) is 0 Å². The standard InChI is InChI=1S/C12H14F2O2/c1-16-12(7-5-6-7)11(15)8-3-2-4-9(13)10(8)14/h2-4,7,11-12,15H,5-6H2,1H3. The Morgan fingerprint density at radius 2 is 2.06 bits per heavy atom. The summed E-state index contributed by atoms with van der Waals surface area (Å²) in [6.45, 7) is 0. The van der Waals surface area contributed by atoms with Crippen LogP contribution in [0.4, 0.5) is 8.78 Å². The number of aliphatic hydroxyl groups excluding tert-OH is 1. The second-order valence-corrected chi connectivity index (χ2v) is 4.13. The van der Waals surface area contributed by atoms with Gasteiger partial charge in [-0.05, 0) is 24.8 Å². The van der Waals surface area contributed by atoms with Gasteiger partial charge in [-0.1, -0.05) is 12.1 Å². The molecule has 0 bridgehead atoms. The molecule has 2 unspecified atom stereocenters. The molecule has 2 nitrogen and oxygen atoms in total. The minimum Gasteiger partial charge on any atom is -0.386 e. The minimum atomic E-state index is -1.10. The lowest BCUT2D eigenvalue weighted by Gasteiger charge is -2.22. The van der Waals surface area contributed by atoms with Crippen molar-refractivity contribution in [3.63, 3.8) is 0 Å². The number of rotatable bonds is 4. The SMILES string of the molecule is COC(C1CC1)C(O)c1cccc(F)c1F. The van der Waals surface area contributed by atoms with Gasteiger partial charge in [-0.25, -0.2) is 8.78 Å². The fourth-order valence-electron chi connectivity index (χ4n) is 1.93. The van der Waals surface area contributed by atoms with E-state index in [4.69, 9.17) is 4.74 Å². The third-order valence-electron chi connectivity index (χ3n) is 2.97. The maximum atomic E-state index is 13.4. The summed E-state index contributed by atoms with van der Waals surface area (Å²) < 4.78 is 31.6. The van der Waals surface area contributed by atoms with Crippen LogP contribution < -0.4 is 0 Å². The van der Waals surface area contributed by atoms with E-state index in [0.717, 1.165) is 18.9 Å². The topological polar surface area (TPSA) is 29.5 Å². The monoisotopic (exact) mass is 228 g/mol. The van der Waals surface area contributed by atoms with Crippen LogP contribution in [0.5, 0.6) is 0 Å². The molecule has 88 valence electrons. The molecule has 0 heterocycles. The third kappa shape index (κ3) is 2.08. The van der Waals surface area contributed by atoms with Crippen LogP contribution in [0.3, 0.4) is 0 Å². The van der Waals surface area contributed by atoms with Gasteiger partial charge in [0.05, 0.1) is 6.10 Å². The number of methoxy groups -OCH3 is 1. The van der Waals surface area contributed by atoms with Crippen molar-refractivity contribution >= 4 is 0 Å². The molecule has 4 heteroatoms. The van der Waals surface area contributed by atoms with E-state index in [0.29, 0.717) is 0 Å². The fourth-order valence-corrected chi connectivity index (χ4v) is 1.93. The summed E-state index contributed by atoms with van der Waals surface area (Å²) in [6, 6.07) is 3.80. The molecule has 1 aliphatic carbocycles. The molecule has 1 aromatic carbocycles. The Kier molecular flexibility index (Phi) is 3.21. The van der Waals surface area contributed by atoms with Gasteiger partial charge in [-0.15, -0.1) is 0 Å². The maximum Gasteiger partial charge on any atom is 0.164 e. The van der Waals surface area contributed by atoms with Gasteiger partial charge < -0.3 is 9.84 Å². The number of aliphatic hydroxyl groups is 1. The summed E-state index contributed by atoms with van der Waals surface area (Å²) in [6.07, 6.45) is 0.378. The largest absolute Gasteiger partial charge is 0.386 e. The van der Waals surface area contributed by atoms with E-state index in [1.807, 2.05) is 0 Å². The summed E-state index contributed by atoms with van der Waals surface area (Å²) >= 11 is 0. The fraction of sp³-hybridized carbons (Fsp3) is 0.500. The molecule has 16 heavy (non-hydrogen) atoms. The summed E-state index contributed by atoms with van der Waals surface area (Å²) in [7, 11) is 1.48. The lowest BCUT2D eigenvalue weighted by molar-refractivity contribution is -0.0276. The van der Waals surface area contributed by atoms with E-state index in [1.54, 1.807) is 0 Å². The molecule has 2 rings (SSSR count). The van der Waals surface area contributed by atoms with Gasteiger partial charge in [-0.2, -0.15) is 0 Å². The molecule has 0 aromatic heterocycles. The average molecular weight is 228 g/mol. The highest BCUT2D eigenvalue weighted by atomic mass is 19.2. The first-order valence-electron chi connectivity index (χ1n) is 5.30. The Hall–Kier alpha value is -1.00. The normalized spacial score (nSPS) is 19.5. The average Bonchev–Trinajstić information content (AvgIpc) is 3.07. The van der Waals surface area contributed by atoms with Crippen molar-refractivity contribution < 1.29 is 18.6 Å². The van der Waals surface area contributed by atoms with E-state index in [2.05, 4.69) is 0 Å². The van der Waals surface area contributed by atoms with Crippen molar-refractivity contribution in [2.24, 2.45) is 5.92 Å². The van der Waals surface area contributed by atoms with Gasteiger partial charge in [0.1, 0.15) is 6.10 Å². The minimum absolute atomic E-state index is 0.0289. The van der Waals surface area contributed by atoms with E-state index in [9.17, 15) is 13.9 Å². The van der Waals surface area contributed by atoms with Crippen molar-refractivity contribution in [3.05, 3.63) is 35.4 Å². The Balaban J connectivity index is 2.24. The van der Waals surface area contributed by atoms with Crippen LogP contribution in [0.2, 0.25) is 0 Å². The van der Waals surface area contributed by atoms with Crippen LogP contribution in [0.1, 0.15) is 24.5 Å². The smallest absolute Gasteiger partial charge is 0.164 e. The highest BCUT2D eigenvalue weighted by Gasteiger charge is 2.37. The second kappa shape index (κ2) is 4.47. The molecule has 1 fully saturated rings. The van der Waals surface area contributed by atoms with Gasteiger partial charge >= 0.3 is 0 Å². The predicted molar refractivity (Wildman–Crippen MR) is 54.8 cm³/mol. The summed E-state index contributed by atoms with van der Waals surface area (Å²) in [5.41, 5.74) is -0.0289. The van der Waals surface area contributed by atoms with Crippen LogP contribution in [0.25, 0.3) is 0 Å². The number of hydrogen-bond acceptors (Lipinski definition) is 2. The lowest BCUT2D eigenvalue weighted by Crippen LogP contribution is -2.24. The van der Waals surface area contributed by atoms with Crippen molar-refractivity contribution in [1.82, 2.24) is 0 Å². The second-order valence-electron chi connectivity index (χ2n) is 4.13. The first-order chi connectivity index (χ1) is 7.65. The van der Waals surface area contributed by atoms with E-state index in [1.165, 1.54) is 19.2 Å². The highest BCUT2D eigenvalue weighted by molar-refractivity contribution is 5.22. The van der Waals surface area contributed by atoms with Crippen molar-refractivity contribution in [2.45, 2.75) is 25.0 Å². The molecule has 0 saturated heterocycles. The van der Waals surface area contributed by atoms with E-state index in [-0.39, 0.29) is 11.5 Å². The number of ether oxygens (including phenoxy) is 1. The molecular formula is C12H14F2O2. The van der Waals surface area contributed by atoms with Crippen LogP contribution in [0.15, 0.2) is 18.2 Å². The molecular weight excluding hydrogens is 214 g/mol. The highest BCUT2D eigenvalue weighted by Crippen LogP contribution is 2.40. The summed E-state index contributed by atoms with van der Waals surface area (Å²) in [5, 5.41) is 9.96. The molecule has 1 aromatic rings. The third-order valence-corrected chi connectivity index (χ3v) is 2.97. The molecule has 1 N–H and O–H groups in total. The number of halogens is 2. The Morgan fingerprint density at radius 1 is 1.38 bits per heavy atom. The van der Waals surface area contributed by atoms with Crippen molar-refractivity contribution in [2.75, 3.05) is 7.11 Å². The summed E-state index contributed by atoms with van der Waals surface area (Å²) in [5.74, 6) is -1.68. The Bertz CT molecular complexity index is 377. The first kappa shape index (κ1) is 11.5. The molecule has 1 saturated carbocycles. The lowest BCUT2D eigenvalue weighted by atomic mass is 10.0. The van der Waals surface area contributed by atoms with E-state index < -0.39 is 23.8 Å². The van der Waals surface area contributed by atoms with Crippen LogP contribution in [0, 0.1) is 17.6 Å². The van der Waals surface area contributed by atoms with E-state index >= 15 is 0 Å². The van der Waals surface area contributed by atoms with Gasteiger partial charge in [0.15, 0.2) is 11.6 Å². The van der Waals surface area contributed by atoms with Crippen LogP contribution >= 0.6 is 0 Å². The zero-order valence-electron chi connectivity index (χ0n) is 8.99. The number of hydrogen-bond donors (Lipinski definition) is 1. The Labute approximate surface area is 92.9 Å². The maximum absolute atomic E-state index is 13.4. The zero-order valence-corrected chi connectivity index (χ0v) is 8.99. The van der Waals surface area contributed by atoms with Gasteiger partial charge in [-0.3, -0.25) is 0 Å². The first-order valence-corrected chi connectivity index (χ1v) is 5.30. The molecule has 0 radical (unpaired) electrons. The van der Waals surface area contributed by atoms with Gasteiger partial charge in [0.25, 0.3) is 0 Å². The number of benzene rings is 1. The Morgan fingerprint density at radius 3 is 2.62 bits per heavy atom. The van der Waals surface area contributed by atoms with Crippen molar-refractivity contribution in [3.8, 4) is 0 Å².